The number of nitrogens with two attached hydrogens (primary N) is 1. The average Bonchev–Trinajstić information content (AvgIpc) is 3.02. The molecule has 0 aliphatic carbocycles. The smallest absolute Gasteiger partial charge is 0.329 e. The van der Waals surface area contributed by atoms with Gasteiger partial charge in [0, 0.05) is 12.6 Å². The zero-order valence-corrected chi connectivity index (χ0v) is 13.8. The van der Waals surface area contributed by atoms with Crippen molar-refractivity contribution in [2.24, 2.45) is 0 Å². The number of hydrogen-bond donors (Lipinski definition) is 1. The Bertz CT molecular complexity index is 1180. The molecule has 0 fully saturated rings. The first-order valence-electron chi connectivity index (χ1n) is 7.88. The van der Waals surface area contributed by atoms with Crippen LogP contribution in [0, 0.1) is 15.9 Å². The normalized spacial score (nSPS) is 11.0. The second kappa shape index (κ2) is 6.41. The topological polar surface area (TPSA) is 126 Å². The molecule has 10 heteroatoms. The Morgan fingerprint density at radius 2 is 2.00 bits per heavy atom. The van der Waals surface area contributed by atoms with Crippen molar-refractivity contribution in [3.63, 3.8) is 0 Å². The van der Waals surface area contributed by atoms with Crippen molar-refractivity contribution in [1.29, 1.82) is 0 Å². The van der Waals surface area contributed by atoms with Gasteiger partial charge in [0.15, 0.2) is 0 Å². The van der Waals surface area contributed by atoms with E-state index in [2.05, 4.69) is 20.1 Å². The highest BCUT2D eigenvalue weighted by Crippen LogP contribution is 2.24. The molecule has 3 heterocycles. The lowest BCUT2D eigenvalue weighted by molar-refractivity contribution is -0.384. The van der Waals surface area contributed by atoms with Crippen molar-refractivity contribution in [2.75, 3.05) is 5.73 Å². The summed E-state index contributed by atoms with van der Waals surface area (Å²) in [6.45, 7) is 0. The summed E-state index contributed by atoms with van der Waals surface area (Å²) >= 11 is 0. The number of pyridine rings is 1. The molecule has 0 aliphatic heterocycles. The van der Waals surface area contributed by atoms with Crippen molar-refractivity contribution in [1.82, 2.24) is 24.7 Å². The summed E-state index contributed by atoms with van der Waals surface area (Å²) in [5.74, 6) is -0.545. The van der Waals surface area contributed by atoms with Gasteiger partial charge in [0.1, 0.15) is 17.5 Å². The third kappa shape index (κ3) is 2.92. The van der Waals surface area contributed by atoms with Crippen molar-refractivity contribution in [3.05, 3.63) is 76.0 Å². The highest BCUT2D eigenvalue weighted by Gasteiger charge is 2.19. The maximum Gasteiger partial charge on any atom is 0.329 e. The van der Waals surface area contributed by atoms with E-state index in [9.17, 15) is 14.5 Å². The summed E-state index contributed by atoms with van der Waals surface area (Å²) < 4.78 is 15.4. The first-order chi connectivity index (χ1) is 13.0. The standard InChI is InChI=1S/C17H12FN7O2/c18-11-5-2-1-4-10(11)8-12-15-13(6-3-7-20-15)24(23-12)17-21-9-14(25(26)27)16(19)22-17/h1-7,9H,8H2,(H2,19,21,22). The van der Waals surface area contributed by atoms with Gasteiger partial charge in [-0.3, -0.25) is 15.1 Å². The van der Waals surface area contributed by atoms with E-state index in [-0.39, 0.29) is 29.7 Å². The number of rotatable bonds is 4. The van der Waals surface area contributed by atoms with E-state index >= 15 is 0 Å². The van der Waals surface area contributed by atoms with Crippen LogP contribution in [0.3, 0.4) is 0 Å². The van der Waals surface area contributed by atoms with Crippen molar-refractivity contribution in [2.45, 2.75) is 6.42 Å². The zero-order chi connectivity index (χ0) is 19.0. The van der Waals surface area contributed by atoms with E-state index in [0.717, 1.165) is 6.20 Å². The predicted octanol–water partition coefficient (Wildman–Crippen LogP) is 2.43. The van der Waals surface area contributed by atoms with Crippen LogP contribution in [0.15, 0.2) is 48.8 Å². The van der Waals surface area contributed by atoms with Gasteiger partial charge in [0.25, 0.3) is 5.95 Å². The summed E-state index contributed by atoms with van der Waals surface area (Å²) in [4.78, 5) is 22.5. The van der Waals surface area contributed by atoms with Gasteiger partial charge in [-0.2, -0.15) is 14.8 Å². The Balaban J connectivity index is 1.84. The van der Waals surface area contributed by atoms with Crippen molar-refractivity contribution in [3.8, 4) is 5.95 Å². The number of anilines is 1. The Labute approximate surface area is 151 Å². The monoisotopic (exact) mass is 365 g/mol. The molecular formula is C17H12FN7O2. The van der Waals surface area contributed by atoms with Gasteiger partial charge in [-0.25, -0.2) is 9.37 Å². The van der Waals surface area contributed by atoms with Crippen LogP contribution in [0.25, 0.3) is 17.0 Å². The number of fused-ring (bicyclic) bond motifs is 1. The lowest BCUT2D eigenvalue weighted by atomic mass is 10.1. The summed E-state index contributed by atoms with van der Waals surface area (Å²) in [6, 6.07) is 9.86. The number of hydrogen-bond acceptors (Lipinski definition) is 7. The van der Waals surface area contributed by atoms with Gasteiger partial charge < -0.3 is 5.73 Å². The number of nitrogen functional groups attached to an aromatic ring is 1. The van der Waals surface area contributed by atoms with Crippen LogP contribution in [0.1, 0.15) is 11.3 Å². The Hall–Kier alpha value is -3.95. The summed E-state index contributed by atoms with van der Waals surface area (Å²) in [7, 11) is 0. The highest BCUT2D eigenvalue weighted by molar-refractivity contribution is 5.79. The summed E-state index contributed by atoms with van der Waals surface area (Å²) in [5, 5.41) is 15.3. The molecule has 0 saturated heterocycles. The fraction of sp³-hybridized carbons (Fsp3) is 0.0588. The van der Waals surface area contributed by atoms with Crippen LogP contribution in [-0.2, 0) is 6.42 Å². The molecule has 0 radical (unpaired) electrons. The van der Waals surface area contributed by atoms with Gasteiger partial charge in [-0.15, -0.1) is 0 Å². The third-order valence-corrected chi connectivity index (χ3v) is 4.00. The summed E-state index contributed by atoms with van der Waals surface area (Å²) in [5.41, 5.74) is 7.40. The Kier molecular flexibility index (Phi) is 3.92. The van der Waals surface area contributed by atoms with Crippen LogP contribution < -0.4 is 5.73 Å². The SMILES string of the molecule is Nc1nc(-n2nc(Cc3ccccc3F)c3ncccc32)ncc1[N+](=O)[O-]. The molecule has 0 aliphatic rings. The van der Waals surface area contributed by atoms with Gasteiger partial charge in [0.05, 0.1) is 16.1 Å². The second-order valence-corrected chi connectivity index (χ2v) is 5.70. The van der Waals surface area contributed by atoms with Crippen LogP contribution in [0.2, 0.25) is 0 Å². The van der Waals surface area contributed by atoms with Crippen LogP contribution in [0.5, 0.6) is 0 Å². The molecule has 3 aromatic heterocycles. The van der Waals surface area contributed by atoms with Gasteiger partial charge in [-0.1, -0.05) is 18.2 Å². The quantitative estimate of drug-likeness (QED) is 0.435. The zero-order valence-electron chi connectivity index (χ0n) is 13.8. The van der Waals surface area contributed by atoms with Gasteiger partial charge in [-0.05, 0) is 23.8 Å². The molecule has 0 saturated carbocycles. The number of benzene rings is 1. The number of halogens is 1. The maximum absolute atomic E-state index is 14.0. The van der Waals surface area contributed by atoms with E-state index < -0.39 is 4.92 Å². The molecule has 1 aromatic carbocycles. The molecule has 4 aromatic rings. The number of nitrogens with zero attached hydrogens (tertiary/aromatic N) is 6. The average molecular weight is 365 g/mol. The number of aromatic nitrogens is 5. The van der Waals surface area contributed by atoms with Crippen LogP contribution in [0.4, 0.5) is 15.9 Å². The van der Waals surface area contributed by atoms with Gasteiger partial charge in [0.2, 0.25) is 5.82 Å². The Morgan fingerprint density at radius 1 is 1.19 bits per heavy atom. The van der Waals surface area contributed by atoms with Gasteiger partial charge >= 0.3 is 5.69 Å². The molecule has 9 nitrogen and oxygen atoms in total. The molecule has 0 unspecified atom stereocenters. The number of nitro groups is 1. The van der Waals surface area contributed by atoms with E-state index in [4.69, 9.17) is 5.73 Å². The van der Waals surface area contributed by atoms with E-state index in [1.807, 2.05) is 0 Å². The molecule has 134 valence electrons. The second-order valence-electron chi connectivity index (χ2n) is 5.70. The Morgan fingerprint density at radius 3 is 2.74 bits per heavy atom. The lowest BCUT2D eigenvalue weighted by Crippen LogP contribution is -2.07. The van der Waals surface area contributed by atoms with Crippen LogP contribution in [-0.4, -0.2) is 29.7 Å². The molecule has 0 bridgehead atoms. The van der Waals surface area contributed by atoms with E-state index in [1.54, 1.807) is 36.5 Å². The third-order valence-electron chi connectivity index (χ3n) is 4.00. The first-order valence-corrected chi connectivity index (χ1v) is 7.88. The fourth-order valence-corrected chi connectivity index (χ4v) is 2.73. The fourth-order valence-electron chi connectivity index (χ4n) is 2.73. The molecule has 4 rings (SSSR count). The van der Waals surface area contributed by atoms with Crippen molar-refractivity contribution < 1.29 is 9.31 Å². The molecule has 0 atom stereocenters. The van der Waals surface area contributed by atoms with Crippen LogP contribution >= 0.6 is 0 Å². The van der Waals surface area contributed by atoms with E-state index in [1.165, 1.54) is 10.7 Å². The largest absolute Gasteiger partial charge is 0.378 e. The minimum absolute atomic E-state index is 0.0656. The highest BCUT2D eigenvalue weighted by atomic mass is 19.1. The summed E-state index contributed by atoms with van der Waals surface area (Å²) in [6.07, 6.45) is 2.85. The molecule has 27 heavy (non-hydrogen) atoms. The predicted molar refractivity (Wildman–Crippen MR) is 94.7 cm³/mol. The van der Waals surface area contributed by atoms with E-state index in [0.29, 0.717) is 22.3 Å². The molecular weight excluding hydrogens is 353 g/mol. The van der Waals surface area contributed by atoms with Crippen molar-refractivity contribution >= 4 is 22.5 Å². The minimum Gasteiger partial charge on any atom is -0.378 e. The molecule has 0 amide bonds. The minimum atomic E-state index is -0.661. The first kappa shape index (κ1) is 16.5. The lowest BCUT2D eigenvalue weighted by Gasteiger charge is -2.02. The molecule has 2 N–H and O–H groups in total. The maximum atomic E-state index is 14.0. The molecule has 0 spiro atoms.